The smallest absolute Gasteiger partial charge is 0.0705 e. The molecule has 3 heteroatoms. The highest BCUT2D eigenvalue weighted by Gasteiger charge is 2.18. The SMILES string of the molecule is CCNC(C1=CCCC1)c1ccn[nH]1. The highest BCUT2D eigenvalue weighted by molar-refractivity contribution is 5.23. The first-order valence-corrected chi connectivity index (χ1v) is 5.33. The number of H-pyrrole nitrogens is 1. The number of nitrogens with one attached hydrogen (secondary N) is 2. The van der Waals surface area contributed by atoms with E-state index in [1.165, 1.54) is 30.5 Å². The predicted octanol–water partition coefficient (Wildman–Crippen LogP) is 2.17. The Bertz CT molecular complexity index is 300. The highest BCUT2D eigenvalue weighted by atomic mass is 15.1. The average molecular weight is 191 g/mol. The van der Waals surface area contributed by atoms with E-state index >= 15 is 0 Å². The van der Waals surface area contributed by atoms with E-state index in [1.54, 1.807) is 0 Å². The van der Waals surface area contributed by atoms with Gasteiger partial charge in [-0.1, -0.05) is 18.6 Å². The van der Waals surface area contributed by atoms with Crippen LogP contribution in [0.5, 0.6) is 0 Å². The number of hydrogen-bond donors (Lipinski definition) is 2. The number of aromatic nitrogens is 2. The van der Waals surface area contributed by atoms with Crippen LogP contribution in [-0.2, 0) is 0 Å². The lowest BCUT2D eigenvalue weighted by atomic mass is 10.0. The van der Waals surface area contributed by atoms with Gasteiger partial charge in [-0.25, -0.2) is 0 Å². The largest absolute Gasteiger partial charge is 0.306 e. The summed E-state index contributed by atoms with van der Waals surface area (Å²) in [6.07, 6.45) is 7.91. The van der Waals surface area contributed by atoms with Crippen LogP contribution in [0, 0.1) is 0 Å². The minimum absolute atomic E-state index is 0.352. The summed E-state index contributed by atoms with van der Waals surface area (Å²) in [5, 5.41) is 10.5. The summed E-state index contributed by atoms with van der Waals surface area (Å²) >= 11 is 0. The molecule has 1 aromatic rings. The second kappa shape index (κ2) is 4.42. The standard InChI is InChI=1S/C11H17N3/c1-2-12-11(9-5-3-4-6-9)10-7-8-13-14-10/h5,7-8,11-12H,2-4,6H2,1H3,(H,13,14). The van der Waals surface area contributed by atoms with Gasteiger partial charge in [-0.3, -0.25) is 5.10 Å². The van der Waals surface area contributed by atoms with E-state index in [2.05, 4.69) is 28.5 Å². The fourth-order valence-corrected chi connectivity index (χ4v) is 2.03. The predicted molar refractivity (Wildman–Crippen MR) is 56.9 cm³/mol. The summed E-state index contributed by atoms with van der Waals surface area (Å²) in [5.74, 6) is 0. The molecule has 1 atom stereocenters. The van der Waals surface area contributed by atoms with Crippen molar-refractivity contribution in [3.05, 3.63) is 29.6 Å². The van der Waals surface area contributed by atoms with Gasteiger partial charge in [-0.05, 0) is 31.9 Å². The average Bonchev–Trinajstić information content (AvgIpc) is 2.87. The lowest BCUT2D eigenvalue weighted by molar-refractivity contribution is 0.590. The number of aromatic amines is 1. The molecule has 0 saturated heterocycles. The molecule has 2 rings (SSSR count). The first kappa shape index (κ1) is 9.46. The Balaban J connectivity index is 2.15. The minimum atomic E-state index is 0.352. The van der Waals surface area contributed by atoms with Gasteiger partial charge < -0.3 is 5.32 Å². The van der Waals surface area contributed by atoms with E-state index in [-0.39, 0.29) is 0 Å². The fourth-order valence-electron chi connectivity index (χ4n) is 2.03. The summed E-state index contributed by atoms with van der Waals surface area (Å²) in [4.78, 5) is 0. The molecule has 0 radical (unpaired) electrons. The van der Waals surface area contributed by atoms with Crippen LogP contribution < -0.4 is 5.32 Å². The Kier molecular flexibility index (Phi) is 2.99. The van der Waals surface area contributed by atoms with Crippen molar-refractivity contribution >= 4 is 0 Å². The van der Waals surface area contributed by atoms with Gasteiger partial charge in [-0.15, -0.1) is 0 Å². The van der Waals surface area contributed by atoms with Gasteiger partial charge in [0.2, 0.25) is 0 Å². The normalized spacial score (nSPS) is 18.2. The van der Waals surface area contributed by atoms with Gasteiger partial charge in [0, 0.05) is 6.20 Å². The van der Waals surface area contributed by atoms with Gasteiger partial charge in [0.05, 0.1) is 11.7 Å². The summed E-state index contributed by atoms with van der Waals surface area (Å²) in [6.45, 7) is 3.12. The van der Waals surface area contributed by atoms with Crippen LogP contribution in [0.2, 0.25) is 0 Å². The Morgan fingerprint density at radius 1 is 1.64 bits per heavy atom. The van der Waals surface area contributed by atoms with Crippen LogP contribution in [0.15, 0.2) is 23.9 Å². The van der Waals surface area contributed by atoms with Crippen LogP contribution >= 0.6 is 0 Å². The quantitative estimate of drug-likeness (QED) is 0.716. The molecule has 3 nitrogen and oxygen atoms in total. The molecular formula is C11H17N3. The molecular weight excluding hydrogens is 174 g/mol. The molecule has 1 aromatic heterocycles. The molecule has 2 N–H and O–H groups in total. The number of hydrogen-bond acceptors (Lipinski definition) is 2. The van der Waals surface area contributed by atoms with Crippen molar-refractivity contribution in [1.29, 1.82) is 0 Å². The molecule has 1 heterocycles. The van der Waals surface area contributed by atoms with E-state index in [0.29, 0.717) is 6.04 Å². The number of likely N-dealkylation sites (N-methyl/N-ethyl adjacent to an activating group) is 1. The lowest BCUT2D eigenvalue weighted by Gasteiger charge is -2.17. The summed E-state index contributed by atoms with van der Waals surface area (Å²) in [5.41, 5.74) is 2.69. The summed E-state index contributed by atoms with van der Waals surface area (Å²) in [7, 11) is 0. The van der Waals surface area contributed by atoms with Crippen molar-refractivity contribution in [3.63, 3.8) is 0 Å². The van der Waals surface area contributed by atoms with Crippen LogP contribution in [0.1, 0.15) is 37.9 Å². The topological polar surface area (TPSA) is 40.7 Å². The van der Waals surface area contributed by atoms with E-state index in [4.69, 9.17) is 0 Å². The van der Waals surface area contributed by atoms with E-state index in [9.17, 15) is 0 Å². The maximum absolute atomic E-state index is 4.00. The van der Waals surface area contributed by atoms with Crippen molar-refractivity contribution in [2.45, 2.75) is 32.2 Å². The maximum atomic E-state index is 4.00. The summed E-state index contributed by atoms with van der Waals surface area (Å²) < 4.78 is 0. The maximum Gasteiger partial charge on any atom is 0.0705 e. The Morgan fingerprint density at radius 2 is 2.57 bits per heavy atom. The monoisotopic (exact) mass is 191 g/mol. The van der Waals surface area contributed by atoms with Gasteiger partial charge in [0.1, 0.15) is 0 Å². The molecule has 14 heavy (non-hydrogen) atoms. The van der Waals surface area contributed by atoms with Gasteiger partial charge in [-0.2, -0.15) is 5.10 Å². The van der Waals surface area contributed by atoms with Crippen molar-refractivity contribution < 1.29 is 0 Å². The second-order valence-corrected chi connectivity index (χ2v) is 3.67. The van der Waals surface area contributed by atoms with Crippen molar-refractivity contribution in [1.82, 2.24) is 15.5 Å². The molecule has 0 aliphatic heterocycles. The first-order valence-electron chi connectivity index (χ1n) is 5.33. The molecule has 0 saturated carbocycles. The third-order valence-corrected chi connectivity index (χ3v) is 2.69. The second-order valence-electron chi connectivity index (χ2n) is 3.67. The molecule has 76 valence electrons. The molecule has 1 unspecified atom stereocenters. The molecule has 0 bridgehead atoms. The third kappa shape index (κ3) is 1.87. The zero-order valence-electron chi connectivity index (χ0n) is 8.59. The first-order chi connectivity index (χ1) is 6.92. The van der Waals surface area contributed by atoms with E-state index < -0.39 is 0 Å². The molecule has 0 aromatic carbocycles. The molecule has 1 aliphatic carbocycles. The van der Waals surface area contributed by atoms with Gasteiger partial charge in [0.25, 0.3) is 0 Å². The van der Waals surface area contributed by atoms with Crippen LogP contribution in [-0.4, -0.2) is 16.7 Å². The zero-order chi connectivity index (χ0) is 9.80. The number of allylic oxidation sites excluding steroid dienone is 1. The molecule has 0 fully saturated rings. The number of nitrogens with zero attached hydrogens (tertiary/aromatic N) is 1. The van der Waals surface area contributed by atoms with E-state index in [0.717, 1.165) is 6.54 Å². The molecule has 0 amide bonds. The van der Waals surface area contributed by atoms with Crippen molar-refractivity contribution in [2.75, 3.05) is 6.54 Å². The van der Waals surface area contributed by atoms with Crippen LogP contribution in [0.25, 0.3) is 0 Å². The van der Waals surface area contributed by atoms with Crippen molar-refractivity contribution in [2.24, 2.45) is 0 Å². The van der Waals surface area contributed by atoms with Gasteiger partial charge in [0.15, 0.2) is 0 Å². The highest BCUT2D eigenvalue weighted by Crippen LogP contribution is 2.29. The van der Waals surface area contributed by atoms with Crippen LogP contribution in [0.3, 0.4) is 0 Å². The van der Waals surface area contributed by atoms with Gasteiger partial charge >= 0.3 is 0 Å². The minimum Gasteiger partial charge on any atom is -0.306 e. The summed E-state index contributed by atoms with van der Waals surface area (Å²) in [6, 6.07) is 2.40. The molecule has 1 aliphatic rings. The zero-order valence-corrected chi connectivity index (χ0v) is 8.59. The Morgan fingerprint density at radius 3 is 3.14 bits per heavy atom. The van der Waals surface area contributed by atoms with Crippen LogP contribution in [0.4, 0.5) is 0 Å². The number of rotatable bonds is 4. The Labute approximate surface area is 84.6 Å². The van der Waals surface area contributed by atoms with E-state index in [1.807, 2.05) is 12.3 Å². The fraction of sp³-hybridized carbons (Fsp3) is 0.545. The lowest BCUT2D eigenvalue weighted by Crippen LogP contribution is -2.22. The Hall–Kier alpha value is -1.09. The van der Waals surface area contributed by atoms with Crippen molar-refractivity contribution in [3.8, 4) is 0 Å². The third-order valence-electron chi connectivity index (χ3n) is 2.69. The molecule has 0 spiro atoms.